The van der Waals surface area contributed by atoms with Gasteiger partial charge < -0.3 is 15.0 Å². The number of piperidine rings is 1. The Kier molecular flexibility index (Phi) is 4.10. The maximum absolute atomic E-state index is 11.6. The standard InChI is InChI=1S/C15H22N2O2/c1-15(16-2)8-5-9-17(11-15)13-7-4-6-12(10-13)14(18)19-3/h4,6-7,10,16H,5,8-9,11H2,1-3H3. The van der Waals surface area contributed by atoms with Gasteiger partial charge in [-0.1, -0.05) is 6.07 Å². The van der Waals surface area contributed by atoms with Gasteiger partial charge >= 0.3 is 5.97 Å². The molecule has 0 aromatic heterocycles. The van der Waals surface area contributed by atoms with Gasteiger partial charge in [0.15, 0.2) is 0 Å². The molecule has 0 spiro atoms. The third kappa shape index (κ3) is 3.07. The maximum Gasteiger partial charge on any atom is 0.337 e. The summed E-state index contributed by atoms with van der Waals surface area (Å²) < 4.78 is 4.77. The van der Waals surface area contributed by atoms with Gasteiger partial charge in [-0.15, -0.1) is 0 Å². The highest BCUT2D eigenvalue weighted by Gasteiger charge is 2.29. The lowest BCUT2D eigenvalue weighted by atomic mass is 9.91. The van der Waals surface area contributed by atoms with E-state index in [0.717, 1.165) is 25.2 Å². The second-order valence-corrected chi connectivity index (χ2v) is 5.38. The lowest BCUT2D eigenvalue weighted by Crippen LogP contribution is -2.53. The van der Waals surface area contributed by atoms with Crippen molar-refractivity contribution >= 4 is 11.7 Å². The van der Waals surface area contributed by atoms with Crippen LogP contribution in [-0.2, 0) is 4.74 Å². The molecule has 104 valence electrons. The highest BCUT2D eigenvalue weighted by Crippen LogP contribution is 2.26. The van der Waals surface area contributed by atoms with Gasteiger partial charge in [0, 0.05) is 24.3 Å². The molecule has 1 saturated heterocycles. The number of nitrogens with one attached hydrogen (secondary N) is 1. The van der Waals surface area contributed by atoms with Crippen LogP contribution in [0.2, 0.25) is 0 Å². The molecular weight excluding hydrogens is 240 g/mol. The van der Waals surface area contributed by atoms with E-state index < -0.39 is 0 Å². The summed E-state index contributed by atoms with van der Waals surface area (Å²) in [7, 11) is 3.42. The maximum atomic E-state index is 11.6. The predicted molar refractivity (Wildman–Crippen MR) is 76.7 cm³/mol. The van der Waals surface area contributed by atoms with Crippen molar-refractivity contribution in [1.82, 2.24) is 5.32 Å². The van der Waals surface area contributed by atoms with E-state index in [4.69, 9.17) is 4.74 Å². The van der Waals surface area contributed by atoms with E-state index in [-0.39, 0.29) is 11.5 Å². The number of carbonyl (C=O) groups excluding carboxylic acids is 1. The van der Waals surface area contributed by atoms with Crippen molar-refractivity contribution in [3.63, 3.8) is 0 Å². The Balaban J connectivity index is 2.19. The first kappa shape index (κ1) is 13.9. The normalized spacial score (nSPS) is 23.2. The van der Waals surface area contributed by atoms with Crippen LogP contribution < -0.4 is 10.2 Å². The van der Waals surface area contributed by atoms with E-state index in [1.54, 1.807) is 6.07 Å². The molecule has 1 aromatic rings. The number of hydrogen-bond acceptors (Lipinski definition) is 4. The molecule has 0 bridgehead atoms. The summed E-state index contributed by atoms with van der Waals surface area (Å²) in [6.07, 6.45) is 2.33. The third-order valence-corrected chi connectivity index (χ3v) is 3.93. The average Bonchev–Trinajstić information content (AvgIpc) is 2.46. The monoisotopic (exact) mass is 262 g/mol. The van der Waals surface area contributed by atoms with Gasteiger partial charge in [0.2, 0.25) is 0 Å². The number of methoxy groups -OCH3 is 1. The van der Waals surface area contributed by atoms with Gasteiger partial charge in [0.05, 0.1) is 12.7 Å². The molecule has 1 aliphatic heterocycles. The lowest BCUT2D eigenvalue weighted by Gasteiger charge is -2.41. The minimum absolute atomic E-state index is 0.138. The summed E-state index contributed by atoms with van der Waals surface area (Å²) >= 11 is 0. The highest BCUT2D eigenvalue weighted by molar-refractivity contribution is 5.90. The van der Waals surface area contributed by atoms with E-state index in [9.17, 15) is 4.79 Å². The van der Waals surface area contributed by atoms with Crippen LogP contribution in [0.25, 0.3) is 0 Å². The number of nitrogens with zero attached hydrogens (tertiary/aromatic N) is 1. The second kappa shape index (κ2) is 5.61. The fourth-order valence-electron chi connectivity index (χ4n) is 2.61. The van der Waals surface area contributed by atoms with Gasteiger partial charge in [-0.05, 0) is 45.0 Å². The number of likely N-dealkylation sites (N-methyl/N-ethyl adjacent to an activating group) is 1. The minimum atomic E-state index is -0.282. The number of carbonyl (C=O) groups is 1. The molecule has 19 heavy (non-hydrogen) atoms. The van der Waals surface area contributed by atoms with Gasteiger partial charge in [-0.3, -0.25) is 0 Å². The minimum Gasteiger partial charge on any atom is -0.465 e. The number of ether oxygens (including phenoxy) is 1. The van der Waals surface area contributed by atoms with E-state index in [0.29, 0.717) is 5.56 Å². The zero-order valence-corrected chi connectivity index (χ0v) is 11.9. The average molecular weight is 262 g/mol. The van der Waals surface area contributed by atoms with Gasteiger partial charge in [0.25, 0.3) is 0 Å². The molecule has 1 aromatic carbocycles. The van der Waals surface area contributed by atoms with Gasteiger partial charge in [-0.2, -0.15) is 0 Å². The first-order valence-corrected chi connectivity index (χ1v) is 6.70. The summed E-state index contributed by atoms with van der Waals surface area (Å²) in [4.78, 5) is 13.9. The Bertz CT molecular complexity index is 461. The van der Waals surface area contributed by atoms with Crippen LogP contribution in [0.3, 0.4) is 0 Å². The van der Waals surface area contributed by atoms with Crippen LogP contribution >= 0.6 is 0 Å². The predicted octanol–water partition coefficient (Wildman–Crippen LogP) is 2.05. The highest BCUT2D eigenvalue weighted by atomic mass is 16.5. The Labute approximate surface area is 114 Å². The van der Waals surface area contributed by atoms with E-state index in [1.807, 2.05) is 25.2 Å². The molecule has 1 aliphatic rings. The van der Waals surface area contributed by atoms with Crippen LogP contribution in [0.4, 0.5) is 5.69 Å². The fraction of sp³-hybridized carbons (Fsp3) is 0.533. The zero-order chi connectivity index (χ0) is 13.9. The molecule has 1 unspecified atom stereocenters. The number of hydrogen-bond donors (Lipinski definition) is 1. The van der Waals surface area contributed by atoms with Gasteiger partial charge in [0.1, 0.15) is 0 Å². The molecule has 2 rings (SSSR count). The number of rotatable bonds is 3. The van der Waals surface area contributed by atoms with Crippen molar-refractivity contribution in [3.05, 3.63) is 29.8 Å². The van der Waals surface area contributed by atoms with Crippen molar-refractivity contribution in [3.8, 4) is 0 Å². The molecular formula is C15H22N2O2. The van der Waals surface area contributed by atoms with Crippen LogP contribution in [-0.4, -0.2) is 38.8 Å². The summed E-state index contributed by atoms with van der Waals surface area (Å²) in [5.41, 5.74) is 1.83. The second-order valence-electron chi connectivity index (χ2n) is 5.38. The Morgan fingerprint density at radius 1 is 1.47 bits per heavy atom. The third-order valence-electron chi connectivity index (χ3n) is 3.93. The van der Waals surface area contributed by atoms with Crippen molar-refractivity contribution in [2.75, 3.05) is 32.1 Å². The van der Waals surface area contributed by atoms with Crippen LogP contribution in [0.15, 0.2) is 24.3 Å². The Hall–Kier alpha value is -1.55. The number of esters is 1. The summed E-state index contributed by atoms with van der Waals surface area (Å²) in [6, 6.07) is 7.66. The van der Waals surface area contributed by atoms with Crippen molar-refractivity contribution < 1.29 is 9.53 Å². The lowest BCUT2D eigenvalue weighted by molar-refractivity contribution is 0.0601. The van der Waals surface area contributed by atoms with E-state index in [1.165, 1.54) is 13.5 Å². The molecule has 0 amide bonds. The summed E-state index contributed by atoms with van der Waals surface area (Å²) in [5, 5.41) is 3.40. The first-order valence-electron chi connectivity index (χ1n) is 6.70. The van der Waals surface area contributed by atoms with E-state index in [2.05, 4.69) is 17.1 Å². The quantitative estimate of drug-likeness (QED) is 0.847. The van der Waals surface area contributed by atoms with Crippen LogP contribution in [0, 0.1) is 0 Å². The molecule has 1 heterocycles. The summed E-state index contributed by atoms with van der Waals surface area (Å²) in [5.74, 6) is -0.282. The van der Waals surface area contributed by atoms with Crippen molar-refractivity contribution in [1.29, 1.82) is 0 Å². The number of benzene rings is 1. The van der Waals surface area contributed by atoms with Crippen LogP contribution in [0.5, 0.6) is 0 Å². The molecule has 0 radical (unpaired) electrons. The van der Waals surface area contributed by atoms with Crippen LogP contribution in [0.1, 0.15) is 30.1 Å². The van der Waals surface area contributed by atoms with Gasteiger partial charge in [-0.25, -0.2) is 4.79 Å². The summed E-state index contributed by atoms with van der Waals surface area (Å²) in [6.45, 7) is 4.22. The fourth-order valence-corrected chi connectivity index (χ4v) is 2.61. The molecule has 0 saturated carbocycles. The largest absolute Gasteiger partial charge is 0.465 e. The molecule has 4 heteroatoms. The molecule has 1 fully saturated rings. The Morgan fingerprint density at radius 3 is 2.95 bits per heavy atom. The molecule has 0 aliphatic carbocycles. The van der Waals surface area contributed by atoms with E-state index >= 15 is 0 Å². The number of anilines is 1. The topological polar surface area (TPSA) is 41.6 Å². The SMILES string of the molecule is CNC1(C)CCCN(c2cccc(C(=O)OC)c2)C1. The smallest absolute Gasteiger partial charge is 0.337 e. The first-order chi connectivity index (χ1) is 9.08. The molecule has 1 N–H and O–H groups in total. The van der Waals surface area contributed by atoms with Crippen molar-refractivity contribution in [2.45, 2.75) is 25.3 Å². The van der Waals surface area contributed by atoms with Crippen molar-refractivity contribution in [2.24, 2.45) is 0 Å². The molecule has 1 atom stereocenters. The zero-order valence-electron chi connectivity index (χ0n) is 11.9. The molecule has 4 nitrogen and oxygen atoms in total. The Morgan fingerprint density at radius 2 is 2.26 bits per heavy atom.